The molecule has 0 aliphatic carbocycles. The molecule has 1 aliphatic heterocycles. The van der Waals surface area contributed by atoms with Crippen LogP contribution in [0, 0.1) is 6.92 Å². The van der Waals surface area contributed by atoms with Gasteiger partial charge in [-0.2, -0.15) is 4.98 Å². The van der Waals surface area contributed by atoms with Crippen LogP contribution < -0.4 is 5.32 Å². The SMILES string of the molecule is COC(=O)c1cscc1NC(=O)N1CCC[C@H]1c1noc(C)n1. The van der Waals surface area contributed by atoms with Crippen molar-refractivity contribution in [2.75, 3.05) is 19.0 Å². The van der Waals surface area contributed by atoms with Crippen molar-refractivity contribution in [3.05, 3.63) is 28.0 Å². The van der Waals surface area contributed by atoms with Gasteiger partial charge in [0, 0.05) is 24.2 Å². The monoisotopic (exact) mass is 336 g/mol. The Labute approximate surface area is 136 Å². The third-order valence-electron chi connectivity index (χ3n) is 3.66. The van der Waals surface area contributed by atoms with Crippen molar-refractivity contribution in [1.29, 1.82) is 0 Å². The van der Waals surface area contributed by atoms with Gasteiger partial charge in [0.15, 0.2) is 5.82 Å². The van der Waals surface area contributed by atoms with Gasteiger partial charge in [-0.05, 0) is 12.8 Å². The van der Waals surface area contributed by atoms with Crippen LogP contribution in [-0.2, 0) is 4.74 Å². The van der Waals surface area contributed by atoms with Gasteiger partial charge in [-0.3, -0.25) is 0 Å². The summed E-state index contributed by atoms with van der Waals surface area (Å²) in [5.74, 6) is 0.500. The van der Waals surface area contributed by atoms with Gasteiger partial charge in [0.2, 0.25) is 5.89 Å². The first-order valence-corrected chi connectivity index (χ1v) is 8.06. The van der Waals surface area contributed by atoms with Crippen molar-refractivity contribution in [2.45, 2.75) is 25.8 Å². The second kappa shape index (κ2) is 6.37. The molecule has 1 atom stereocenters. The zero-order valence-corrected chi connectivity index (χ0v) is 13.6. The van der Waals surface area contributed by atoms with E-state index in [1.54, 1.807) is 22.6 Å². The van der Waals surface area contributed by atoms with Crippen LogP contribution in [0.3, 0.4) is 0 Å². The molecule has 122 valence electrons. The van der Waals surface area contributed by atoms with Gasteiger partial charge in [-0.1, -0.05) is 5.16 Å². The summed E-state index contributed by atoms with van der Waals surface area (Å²) in [6.07, 6.45) is 1.64. The topological polar surface area (TPSA) is 97.6 Å². The van der Waals surface area contributed by atoms with Crippen molar-refractivity contribution in [1.82, 2.24) is 15.0 Å². The zero-order chi connectivity index (χ0) is 16.4. The van der Waals surface area contributed by atoms with E-state index in [-0.39, 0.29) is 12.1 Å². The van der Waals surface area contributed by atoms with Crippen LogP contribution in [-0.4, -0.2) is 40.7 Å². The van der Waals surface area contributed by atoms with Crippen molar-refractivity contribution in [3.8, 4) is 0 Å². The Morgan fingerprint density at radius 3 is 3.00 bits per heavy atom. The van der Waals surface area contributed by atoms with E-state index in [0.717, 1.165) is 12.8 Å². The summed E-state index contributed by atoms with van der Waals surface area (Å²) in [4.78, 5) is 30.1. The van der Waals surface area contributed by atoms with E-state index < -0.39 is 5.97 Å². The number of carbonyl (C=O) groups excluding carboxylic acids is 2. The van der Waals surface area contributed by atoms with E-state index in [2.05, 4.69) is 15.5 Å². The number of anilines is 1. The van der Waals surface area contributed by atoms with Crippen LogP contribution in [0.15, 0.2) is 15.3 Å². The molecule has 1 aliphatic rings. The number of urea groups is 1. The maximum Gasteiger partial charge on any atom is 0.340 e. The first-order chi connectivity index (χ1) is 11.1. The summed E-state index contributed by atoms with van der Waals surface area (Å²) in [6, 6.07) is -0.508. The number of amides is 2. The van der Waals surface area contributed by atoms with Crippen LogP contribution >= 0.6 is 11.3 Å². The molecule has 1 fully saturated rings. The molecule has 2 aromatic rings. The molecule has 2 amide bonds. The van der Waals surface area contributed by atoms with E-state index in [9.17, 15) is 9.59 Å². The van der Waals surface area contributed by atoms with Gasteiger partial charge < -0.3 is 19.5 Å². The minimum absolute atomic E-state index is 0.215. The molecule has 3 heterocycles. The van der Waals surface area contributed by atoms with Gasteiger partial charge in [0.05, 0.1) is 24.4 Å². The van der Waals surface area contributed by atoms with Gasteiger partial charge in [-0.25, -0.2) is 9.59 Å². The fourth-order valence-electron chi connectivity index (χ4n) is 2.58. The molecule has 0 unspecified atom stereocenters. The quantitative estimate of drug-likeness (QED) is 0.865. The number of aryl methyl sites for hydroxylation is 1. The lowest BCUT2D eigenvalue weighted by Gasteiger charge is -2.22. The Kier molecular flexibility index (Phi) is 4.28. The number of ether oxygens (including phenoxy) is 1. The van der Waals surface area contributed by atoms with Gasteiger partial charge >= 0.3 is 12.0 Å². The highest BCUT2D eigenvalue weighted by atomic mass is 32.1. The number of likely N-dealkylation sites (tertiary alicyclic amines) is 1. The summed E-state index contributed by atoms with van der Waals surface area (Å²) in [5.41, 5.74) is 0.791. The van der Waals surface area contributed by atoms with E-state index in [0.29, 0.717) is 29.5 Å². The number of hydrogen-bond acceptors (Lipinski definition) is 7. The average Bonchev–Trinajstić information content (AvgIpc) is 3.25. The fourth-order valence-corrected chi connectivity index (χ4v) is 3.33. The number of esters is 1. The first-order valence-electron chi connectivity index (χ1n) is 7.12. The number of carbonyl (C=O) groups is 2. The van der Waals surface area contributed by atoms with Gasteiger partial charge in [0.1, 0.15) is 0 Å². The highest BCUT2D eigenvalue weighted by Crippen LogP contribution is 2.31. The molecule has 3 rings (SSSR count). The standard InChI is InChI=1S/C14H16N4O4S/c1-8-15-12(17-22-8)11-4-3-5-18(11)14(20)16-10-7-23-6-9(10)13(19)21-2/h6-7,11H,3-5H2,1-2H3,(H,16,20)/t11-/m0/s1. The average molecular weight is 336 g/mol. The molecule has 0 aromatic carbocycles. The fraction of sp³-hybridized carbons (Fsp3) is 0.429. The molecule has 1 N–H and O–H groups in total. The Bertz CT molecular complexity index is 726. The minimum Gasteiger partial charge on any atom is -0.465 e. The first kappa shape index (κ1) is 15.5. The lowest BCUT2D eigenvalue weighted by Crippen LogP contribution is -2.35. The van der Waals surface area contributed by atoms with Crippen LogP contribution in [0.25, 0.3) is 0 Å². The largest absolute Gasteiger partial charge is 0.465 e. The predicted molar refractivity (Wildman–Crippen MR) is 82.4 cm³/mol. The number of methoxy groups -OCH3 is 1. The molecule has 23 heavy (non-hydrogen) atoms. The van der Waals surface area contributed by atoms with E-state index in [1.165, 1.54) is 18.4 Å². The third kappa shape index (κ3) is 3.04. The highest BCUT2D eigenvalue weighted by molar-refractivity contribution is 7.08. The molecule has 0 bridgehead atoms. The maximum atomic E-state index is 12.5. The molecule has 8 nitrogen and oxygen atoms in total. The third-order valence-corrected chi connectivity index (χ3v) is 4.41. The minimum atomic E-state index is -0.478. The van der Waals surface area contributed by atoms with Gasteiger partial charge in [0.25, 0.3) is 0 Å². The summed E-state index contributed by atoms with van der Waals surface area (Å²) < 4.78 is 9.70. The Balaban J connectivity index is 1.75. The lowest BCUT2D eigenvalue weighted by atomic mass is 10.2. The molecular formula is C14H16N4O4S. The van der Waals surface area contributed by atoms with Crippen molar-refractivity contribution in [2.24, 2.45) is 0 Å². The van der Waals surface area contributed by atoms with Crippen molar-refractivity contribution < 1.29 is 18.8 Å². The Hall–Kier alpha value is -2.42. The Morgan fingerprint density at radius 2 is 2.30 bits per heavy atom. The lowest BCUT2D eigenvalue weighted by molar-refractivity contribution is 0.0602. The normalized spacial score (nSPS) is 17.3. The second-order valence-corrected chi connectivity index (χ2v) is 5.89. The summed E-state index contributed by atoms with van der Waals surface area (Å²) in [5, 5.41) is 10.0. The smallest absolute Gasteiger partial charge is 0.340 e. The van der Waals surface area contributed by atoms with Gasteiger partial charge in [-0.15, -0.1) is 11.3 Å². The predicted octanol–water partition coefficient (Wildman–Crippen LogP) is 2.60. The van der Waals surface area contributed by atoms with E-state index in [4.69, 9.17) is 9.26 Å². The molecule has 1 saturated heterocycles. The van der Waals surface area contributed by atoms with E-state index in [1.807, 2.05) is 0 Å². The molecule has 9 heteroatoms. The molecule has 0 radical (unpaired) electrons. The number of nitrogens with one attached hydrogen (secondary N) is 1. The van der Waals surface area contributed by atoms with Crippen molar-refractivity contribution in [3.63, 3.8) is 0 Å². The number of thiophene rings is 1. The van der Waals surface area contributed by atoms with Crippen LogP contribution in [0.2, 0.25) is 0 Å². The van der Waals surface area contributed by atoms with E-state index >= 15 is 0 Å². The number of nitrogens with zero attached hydrogens (tertiary/aromatic N) is 3. The maximum absolute atomic E-state index is 12.5. The highest BCUT2D eigenvalue weighted by Gasteiger charge is 2.33. The zero-order valence-electron chi connectivity index (χ0n) is 12.7. The Morgan fingerprint density at radius 1 is 1.48 bits per heavy atom. The van der Waals surface area contributed by atoms with Crippen LogP contribution in [0.4, 0.5) is 10.5 Å². The summed E-state index contributed by atoms with van der Waals surface area (Å²) in [6.45, 7) is 2.31. The molecular weight excluding hydrogens is 320 g/mol. The molecule has 0 spiro atoms. The number of hydrogen-bond donors (Lipinski definition) is 1. The summed E-state index contributed by atoms with van der Waals surface area (Å²) in [7, 11) is 1.31. The molecule has 0 saturated carbocycles. The molecule has 2 aromatic heterocycles. The second-order valence-electron chi connectivity index (χ2n) is 5.14. The van der Waals surface area contributed by atoms with Crippen molar-refractivity contribution >= 4 is 29.0 Å². The summed E-state index contributed by atoms with van der Waals surface area (Å²) >= 11 is 1.32. The van der Waals surface area contributed by atoms with Crippen LogP contribution in [0.5, 0.6) is 0 Å². The van der Waals surface area contributed by atoms with Crippen LogP contribution in [0.1, 0.15) is 41.0 Å². The number of aromatic nitrogens is 2. The number of rotatable bonds is 3.